The summed E-state index contributed by atoms with van der Waals surface area (Å²) in [5.74, 6) is 1.26. The van der Waals surface area contributed by atoms with Crippen LogP contribution in [-0.2, 0) is 9.53 Å². The van der Waals surface area contributed by atoms with Crippen LogP contribution in [-0.4, -0.2) is 73.2 Å². The first kappa shape index (κ1) is 12.2. The first-order valence-corrected chi connectivity index (χ1v) is 7.29. The number of hydrogen-bond acceptors (Lipinski definition) is 4. The zero-order valence-corrected chi connectivity index (χ0v) is 10.7. The van der Waals surface area contributed by atoms with Gasteiger partial charge in [-0.25, -0.2) is 0 Å². The molecule has 5 heteroatoms. The minimum absolute atomic E-state index is 0.318. The predicted octanol–water partition coefficient (Wildman–Crippen LogP) is 0.282. The lowest BCUT2D eigenvalue weighted by Gasteiger charge is -2.46. The molecule has 2 aliphatic heterocycles. The second kappa shape index (κ2) is 5.89. The van der Waals surface area contributed by atoms with Gasteiger partial charge in [-0.15, -0.1) is 0 Å². The molecule has 0 aromatic heterocycles. The Balaban J connectivity index is 1.66. The quantitative estimate of drug-likeness (QED) is 0.711. The number of amides is 1. The molecule has 16 heavy (non-hydrogen) atoms. The van der Waals surface area contributed by atoms with Crippen LogP contribution in [0.25, 0.3) is 0 Å². The van der Waals surface area contributed by atoms with Crippen LogP contribution in [0.1, 0.15) is 6.42 Å². The van der Waals surface area contributed by atoms with Crippen LogP contribution < -0.4 is 0 Å². The van der Waals surface area contributed by atoms with Crippen LogP contribution in [0, 0.1) is 0 Å². The first-order chi connectivity index (χ1) is 7.81. The van der Waals surface area contributed by atoms with E-state index in [1.54, 1.807) is 11.8 Å². The molecule has 2 rings (SSSR count). The van der Waals surface area contributed by atoms with Gasteiger partial charge in [0.2, 0.25) is 5.91 Å². The lowest BCUT2D eigenvalue weighted by molar-refractivity contribution is -0.139. The number of morpholine rings is 1. The van der Waals surface area contributed by atoms with Crippen molar-refractivity contribution in [2.75, 3.05) is 51.4 Å². The third-order valence-corrected chi connectivity index (χ3v) is 3.91. The monoisotopic (exact) mass is 244 g/mol. The van der Waals surface area contributed by atoms with E-state index in [0.717, 1.165) is 45.1 Å². The third-order valence-electron chi connectivity index (χ3n) is 3.30. The number of carbonyl (C=O) groups is 1. The second-order valence-corrected chi connectivity index (χ2v) is 5.33. The molecule has 0 radical (unpaired) electrons. The molecule has 0 N–H and O–H groups in total. The number of hydrogen-bond donors (Lipinski definition) is 0. The van der Waals surface area contributed by atoms with Gasteiger partial charge >= 0.3 is 0 Å². The van der Waals surface area contributed by atoms with Crippen LogP contribution in [0.4, 0.5) is 0 Å². The van der Waals surface area contributed by atoms with Gasteiger partial charge in [-0.1, -0.05) is 0 Å². The van der Waals surface area contributed by atoms with Gasteiger partial charge in [-0.3, -0.25) is 9.69 Å². The van der Waals surface area contributed by atoms with Crippen LogP contribution in [0.3, 0.4) is 0 Å². The lowest BCUT2D eigenvalue weighted by Crippen LogP contribution is -2.62. The maximum Gasteiger partial charge on any atom is 0.223 e. The van der Waals surface area contributed by atoms with E-state index in [2.05, 4.69) is 4.90 Å². The summed E-state index contributed by atoms with van der Waals surface area (Å²) in [6, 6.07) is 0.585. The molecule has 2 fully saturated rings. The Morgan fingerprint density at radius 3 is 2.69 bits per heavy atom. The molecule has 92 valence electrons. The molecule has 0 atom stereocenters. The Morgan fingerprint density at radius 2 is 2.06 bits per heavy atom. The van der Waals surface area contributed by atoms with E-state index in [1.807, 2.05) is 11.2 Å². The van der Waals surface area contributed by atoms with Gasteiger partial charge in [0, 0.05) is 44.4 Å². The smallest absolute Gasteiger partial charge is 0.223 e. The van der Waals surface area contributed by atoms with Crippen molar-refractivity contribution in [1.82, 2.24) is 9.80 Å². The predicted molar refractivity (Wildman–Crippen MR) is 65.8 cm³/mol. The van der Waals surface area contributed by atoms with Gasteiger partial charge in [0.05, 0.1) is 13.2 Å². The van der Waals surface area contributed by atoms with Gasteiger partial charge in [0.15, 0.2) is 0 Å². The fraction of sp³-hybridized carbons (Fsp3) is 0.909. The first-order valence-electron chi connectivity index (χ1n) is 5.90. The van der Waals surface area contributed by atoms with E-state index in [4.69, 9.17) is 4.74 Å². The number of carbonyl (C=O) groups excluding carboxylic acids is 1. The molecule has 0 aromatic rings. The minimum Gasteiger partial charge on any atom is -0.379 e. The van der Waals surface area contributed by atoms with E-state index in [1.165, 1.54) is 0 Å². The highest BCUT2D eigenvalue weighted by Crippen LogP contribution is 2.17. The van der Waals surface area contributed by atoms with Crippen molar-refractivity contribution in [2.45, 2.75) is 12.5 Å². The molecule has 0 saturated carbocycles. The number of likely N-dealkylation sites (tertiary alicyclic amines) is 1. The second-order valence-electron chi connectivity index (χ2n) is 4.34. The SMILES string of the molecule is CSCCC(=O)N1CC(N2CCOCC2)C1. The van der Waals surface area contributed by atoms with Crippen LogP contribution in [0.15, 0.2) is 0 Å². The number of rotatable bonds is 4. The molecule has 0 aliphatic carbocycles. The Bertz CT molecular complexity index is 238. The van der Waals surface area contributed by atoms with Gasteiger partial charge in [0.25, 0.3) is 0 Å². The zero-order chi connectivity index (χ0) is 11.4. The number of ether oxygens (including phenoxy) is 1. The maximum atomic E-state index is 11.7. The highest BCUT2D eigenvalue weighted by atomic mass is 32.2. The molecular weight excluding hydrogens is 224 g/mol. The Hall–Kier alpha value is -0.260. The molecule has 1 amide bonds. The third kappa shape index (κ3) is 2.90. The molecule has 2 saturated heterocycles. The average molecular weight is 244 g/mol. The summed E-state index contributed by atoms with van der Waals surface area (Å²) >= 11 is 1.74. The van der Waals surface area contributed by atoms with Crippen molar-refractivity contribution >= 4 is 17.7 Å². The van der Waals surface area contributed by atoms with Gasteiger partial charge < -0.3 is 9.64 Å². The summed E-state index contributed by atoms with van der Waals surface area (Å²) in [6.45, 7) is 5.59. The van der Waals surface area contributed by atoms with E-state index < -0.39 is 0 Å². The summed E-state index contributed by atoms with van der Waals surface area (Å²) in [7, 11) is 0. The molecule has 0 bridgehead atoms. The molecule has 0 spiro atoms. The van der Waals surface area contributed by atoms with Crippen molar-refractivity contribution in [1.29, 1.82) is 0 Å². The fourth-order valence-corrected chi connectivity index (χ4v) is 2.56. The molecular formula is C11H20N2O2S. The molecule has 2 heterocycles. The Morgan fingerprint density at radius 1 is 1.38 bits per heavy atom. The summed E-state index contributed by atoms with van der Waals surface area (Å²) < 4.78 is 5.32. The van der Waals surface area contributed by atoms with E-state index in [0.29, 0.717) is 18.4 Å². The average Bonchev–Trinajstić information content (AvgIpc) is 2.26. The Kier molecular flexibility index (Phi) is 4.49. The number of thioether (sulfide) groups is 1. The summed E-state index contributed by atoms with van der Waals surface area (Å²) in [4.78, 5) is 16.1. The minimum atomic E-state index is 0.318. The van der Waals surface area contributed by atoms with E-state index in [9.17, 15) is 4.79 Å². The van der Waals surface area contributed by atoms with Crippen molar-refractivity contribution in [3.05, 3.63) is 0 Å². The maximum absolute atomic E-state index is 11.7. The van der Waals surface area contributed by atoms with E-state index >= 15 is 0 Å². The summed E-state index contributed by atoms with van der Waals surface area (Å²) in [5.41, 5.74) is 0. The highest BCUT2D eigenvalue weighted by Gasteiger charge is 2.34. The van der Waals surface area contributed by atoms with Crippen LogP contribution in [0.5, 0.6) is 0 Å². The van der Waals surface area contributed by atoms with Crippen molar-refractivity contribution < 1.29 is 9.53 Å². The van der Waals surface area contributed by atoms with Gasteiger partial charge in [-0.2, -0.15) is 11.8 Å². The van der Waals surface area contributed by atoms with Crippen molar-refractivity contribution in [3.63, 3.8) is 0 Å². The lowest BCUT2D eigenvalue weighted by atomic mass is 10.1. The topological polar surface area (TPSA) is 32.8 Å². The fourth-order valence-electron chi connectivity index (χ4n) is 2.18. The highest BCUT2D eigenvalue weighted by molar-refractivity contribution is 7.98. The van der Waals surface area contributed by atoms with Crippen molar-refractivity contribution in [3.8, 4) is 0 Å². The normalized spacial score (nSPS) is 23.2. The number of nitrogens with zero attached hydrogens (tertiary/aromatic N) is 2. The molecule has 0 aromatic carbocycles. The van der Waals surface area contributed by atoms with Crippen LogP contribution >= 0.6 is 11.8 Å². The van der Waals surface area contributed by atoms with Gasteiger partial charge in [0.1, 0.15) is 0 Å². The van der Waals surface area contributed by atoms with Crippen LogP contribution in [0.2, 0.25) is 0 Å². The molecule has 4 nitrogen and oxygen atoms in total. The summed E-state index contributed by atoms with van der Waals surface area (Å²) in [5, 5.41) is 0. The zero-order valence-electron chi connectivity index (χ0n) is 9.85. The standard InChI is InChI=1S/C11H20N2O2S/c1-16-7-2-11(14)13-8-10(9-13)12-3-5-15-6-4-12/h10H,2-9H2,1H3. The van der Waals surface area contributed by atoms with E-state index in [-0.39, 0.29) is 0 Å². The van der Waals surface area contributed by atoms with Gasteiger partial charge in [-0.05, 0) is 6.26 Å². The largest absolute Gasteiger partial charge is 0.379 e. The molecule has 2 aliphatic rings. The van der Waals surface area contributed by atoms with Crippen molar-refractivity contribution in [2.24, 2.45) is 0 Å². The molecule has 0 unspecified atom stereocenters. The summed E-state index contributed by atoms with van der Waals surface area (Å²) in [6.07, 6.45) is 2.73. The Labute approximate surface area is 101 Å².